The molecule has 3 heteroatoms. The van der Waals surface area contributed by atoms with E-state index in [1.807, 2.05) is 12.1 Å². The molecule has 0 atom stereocenters. The number of aromatic nitrogens is 1. The van der Waals surface area contributed by atoms with Crippen molar-refractivity contribution in [3.63, 3.8) is 0 Å². The Kier molecular flexibility index (Phi) is 3.34. The van der Waals surface area contributed by atoms with Gasteiger partial charge in [0.1, 0.15) is 0 Å². The Morgan fingerprint density at radius 1 is 1.40 bits per heavy atom. The number of hydrogen-bond donors (Lipinski definition) is 1. The molecule has 82 valence electrons. The number of rotatable bonds is 5. The van der Waals surface area contributed by atoms with Gasteiger partial charge in [0.15, 0.2) is 0 Å². The average molecular weight is 205 g/mol. The van der Waals surface area contributed by atoms with Crippen LogP contribution in [0.25, 0.3) is 0 Å². The molecule has 1 saturated carbocycles. The molecule has 0 spiro atoms. The Morgan fingerprint density at radius 2 is 2.13 bits per heavy atom. The van der Waals surface area contributed by atoms with Crippen LogP contribution >= 0.6 is 0 Å². The zero-order chi connectivity index (χ0) is 10.7. The van der Waals surface area contributed by atoms with E-state index in [0.717, 1.165) is 30.5 Å². The van der Waals surface area contributed by atoms with Gasteiger partial charge in [-0.3, -0.25) is 9.88 Å². The standard InChI is InChI=1S/C12H19N3/c1-2-15(12-6-7-12)9-11-5-3-4-10(8-13)14-11/h3-5,12H,2,6-9,13H2,1H3. The van der Waals surface area contributed by atoms with Crippen LogP contribution in [-0.2, 0) is 13.1 Å². The number of nitrogens with two attached hydrogens (primary N) is 1. The van der Waals surface area contributed by atoms with Gasteiger partial charge in [0.2, 0.25) is 0 Å². The van der Waals surface area contributed by atoms with E-state index in [2.05, 4.69) is 22.9 Å². The van der Waals surface area contributed by atoms with Gasteiger partial charge in [-0.2, -0.15) is 0 Å². The van der Waals surface area contributed by atoms with Crippen LogP contribution in [0.1, 0.15) is 31.2 Å². The van der Waals surface area contributed by atoms with Gasteiger partial charge in [-0.25, -0.2) is 0 Å². The fraction of sp³-hybridized carbons (Fsp3) is 0.583. The first kappa shape index (κ1) is 10.6. The molecule has 0 aromatic carbocycles. The lowest BCUT2D eigenvalue weighted by molar-refractivity contribution is 0.266. The lowest BCUT2D eigenvalue weighted by atomic mass is 10.3. The summed E-state index contributed by atoms with van der Waals surface area (Å²) < 4.78 is 0. The molecule has 1 aromatic heterocycles. The summed E-state index contributed by atoms with van der Waals surface area (Å²) in [6.07, 6.45) is 2.70. The summed E-state index contributed by atoms with van der Waals surface area (Å²) in [5.74, 6) is 0. The van der Waals surface area contributed by atoms with E-state index in [4.69, 9.17) is 5.73 Å². The minimum Gasteiger partial charge on any atom is -0.325 e. The molecule has 0 saturated heterocycles. The lowest BCUT2D eigenvalue weighted by Gasteiger charge is -2.19. The highest BCUT2D eigenvalue weighted by molar-refractivity contribution is 5.11. The lowest BCUT2D eigenvalue weighted by Crippen LogP contribution is -2.25. The molecule has 1 heterocycles. The highest BCUT2D eigenvalue weighted by atomic mass is 15.2. The van der Waals surface area contributed by atoms with Crippen molar-refractivity contribution in [2.75, 3.05) is 6.54 Å². The third-order valence-corrected chi connectivity index (χ3v) is 2.91. The highest BCUT2D eigenvalue weighted by Gasteiger charge is 2.27. The van der Waals surface area contributed by atoms with Crippen molar-refractivity contribution in [3.05, 3.63) is 29.6 Å². The maximum atomic E-state index is 5.58. The van der Waals surface area contributed by atoms with Crippen LogP contribution in [0.4, 0.5) is 0 Å². The predicted octanol–water partition coefficient (Wildman–Crippen LogP) is 1.52. The number of nitrogens with zero attached hydrogens (tertiary/aromatic N) is 2. The van der Waals surface area contributed by atoms with Crippen molar-refractivity contribution in [2.45, 2.75) is 38.9 Å². The monoisotopic (exact) mass is 205 g/mol. The quantitative estimate of drug-likeness (QED) is 0.792. The third-order valence-electron chi connectivity index (χ3n) is 2.91. The van der Waals surface area contributed by atoms with Crippen LogP contribution in [0.2, 0.25) is 0 Å². The Labute approximate surface area is 91.3 Å². The molecule has 1 aliphatic rings. The van der Waals surface area contributed by atoms with Gasteiger partial charge in [-0.05, 0) is 31.5 Å². The van der Waals surface area contributed by atoms with Crippen LogP contribution in [0.15, 0.2) is 18.2 Å². The number of pyridine rings is 1. The Morgan fingerprint density at radius 3 is 2.73 bits per heavy atom. The SMILES string of the molecule is CCN(Cc1cccc(CN)n1)C1CC1. The molecular formula is C12H19N3. The second kappa shape index (κ2) is 4.73. The second-order valence-corrected chi connectivity index (χ2v) is 4.12. The van der Waals surface area contributed by atoms with E-state index in [0.29, 0.717) is 6.54 Å². The van der Waals surface area contributed by atoms with Gasteiger partial charge in [0.25, 0.3) is 0 Å². The first-order chi connectivity index (χ1) is 7.33. The largest absolute Gasteiger partial charge is 0.325 e. The molecule has 0 aliphatic heterocycles. The van der Waals surface area contributed by atoms with E-state index in [9.17, 15) is 0 Å². The Hall–Kier alpha value is -0.930. The van der Waals surface area contributed by atoms with Gasteiger partial charge in [-0.15, -0.1) is 0 Å². The summed E-state index contributed by atoms with van der Waals surface area (Å²) in [5.41, 5.74) is 7.71. The zero-order valence-electron chi connectivity index (χ0n) is 9.32. The molecule has 15 heavy (non-hydrogen) atoms. The summed E-state index contributed by atoms with van der Waals surface area (Å²) in [7, 11) is 0. The van der Waals surface area contributed by atoms with Gasteiger partial charge in [0, 0.05) is 19.1 Å². The first-order valence-corrected chi connectivity index (χ1v) is 5.72. The van der Waals surface area contributed by atoms with Gasteiger partial charge < -0.3 is 5.73 Å². The van der Waals surface area contributed by atoms with Gasteiger partial charge in [0.05, 0.1) is 11.4 Å². The number of hydrogen-bond acceptors (Lipinski definition) is 3. The Balaban J connectivity index is 2.01. The van der Waals surface area contributed by atoms with Crippen LogP contribution in [0, 0.1) is 0 Å². The summed E-state index contributed by atoms with van der Waals surface area (Å²) in [5, 5.41) is 0. The fourth-order valence-corrected chi connectivity index (χ4v) is 1.88. The first-order valence-electron chi connectivity index (χ1n) is 5.72. The molecule has 1 aromatic rings. The van der Waals surface area contributed by atoms with Crippen LogP contribution in [0.5, 0.6) is 0 Å². The van der Waals surface area contributed by atoms with E-state index in [1.54, 1.807) is 0 Å². The topological polar surface area (TPSA) is 42.1 Å². The second-order valence-electron chi connectivity index (χ2n) is 4.12. The van der Waals surface area contributed by atoms with Crippen LogP contribution < -0.4 is 5.73 Å². The van der Waals surface area contributed by atoms with Crippen molar-refractivity contribution < 1.29 is 0 Å². The minimum atomic E-state index is 0.531. The van der Waals surface area contributed by atoms with Crippen molar-refractivity contribution in [2.24, 2.45) is 5.73 Å². The van der Waals surface area contributed by atoms with E-state index in [1.165, 1.54) is 12.8 Å². The molecule has 0 bridgehead atoms. The molecule has 2 rings (SSSR count). The minimum absolute atomic E-state index is 0.531. The van der Waals surface area contributed by atoms with E-state index < -0.39 is 0 Å². The fourth-order valence-electron chi connectivity index (χ4n) is 1.88. The highest BCUT2D eigenvalue weighted by Crippen LogP contribution is 2.27. The third kappa shape index (κ3) is 2.76. The zero-order valence-corrected chi connectivity index (χ0v) is 9.32. The molecule has 2 N–H and O–H groups in total. The molecule has 1 aliphatic carbocycles. The van der Waals surface area contributed by atoms with E-state index in [-0.39, 0.29) is 0 Å². The van der Waals surface area contributed by atoms with Crippen molar-refractivity contribution >= 4 is 0 Å². The van der Waals surface area contributed by atoms with Crippen molar-refractivity contribution in [1.82, 2.24) is 9.88 Å². The van der Waals surface area contributed by atoms with Gasteiger partial charge >= 0.3 is 0 Å². The van der Waals surface area contributed by atoms with Crippen molar-refractivity contribution in [1.29, 1.82) is 0 Å². The predicted molar refractivity (Wildman–Crippen MR) is 61.2 cm³/mol. The van der Waals surface area contributed by atoms with E-state index >= 15 is 0 Å². The van der Waals surface area contributed by atoms with Gasteiger partial charge in [-0.1, -0.05) is 13.0 Å². The molecule has 1 fully saturated rings. The summed E-state index contributed by atoms with van der Waals surface area (Å²) in [4.78, 5) is 7.01. The molecular weight excluding hydrogens is 186 g/mol. The summed E-state index contributed by atoms with van der Waals surface area (Å²) >= 11 is 0. The molecule has 0 radical (unpaired) electrons. The molecule has 3 nitrogen and oxygen atoms in total. The van der Waals surface area contributed by atoms with Crippen LogP contribution in [0.3, 0.4) is 0 Å². The maximum absolute atomic E-state index is 5.58. The summed E-state index contributed by atoms with van der Waals surface area (Å²) in [6.45, 7) is 4.82. The molecule has 0 amide bonds. The maximum Gasteiger partial charge on any atom is 0.0547 e. The normalized spacial score (nSPS) is 15.9. The Bertz CT molecular complexity index is 320. The van der Waals surface area contributed by atoms with Crippen molar-refractivity contribution in [3.8, 4) is 0 Å². The summed E-state index contributed by atoms with van der Waals surface area (Å²) in [6, 6.07) is 6.92. The average Bonchev–Trinajstić information content (AvgIpc) is 3.10. The smallest absolute Gasteiger partial charge is 0.0547 e. The molecule has 0 unspecified atom stereocenters. The van der Waals surface area contributed by atoms with Crippen LogP contribution in [-0.4, -0.2) is 22.5 Å².